The van der Waals surface area contributed by atoms with E-state index in [-0.39, 0.29) is 6.04 Å². The van der Waals surface area contributed by atoms with E-state index in [0.29, 0.717) is 30.2 Å². The molecule has 0 bridgehead atoms. The van der Waals surface area contributed by atoms with Crippen molar-refractivity contribution in [2.75, 3.05) is 46.9 Å². The first-order chi connectivity index (χ1) is 14.9. The van der Waals surface area contributed by atoms with E-state index < -0.39 is 12.0 Å². The number of rotatable bonds is 8. The Morgan fingerprint density at radius 2 is 1.61 bits per heavy atom. The number of piperidine rings is 1. The van der Waals surface area contributed by atoms with E-state index in [0.717, 1.165) is 29.7 Å². The van der Waals surface area contributed by atoms with Crippen molar-refractivity contribution in [3.05, 3.63) is 47.5 Å². The summed E-state index contributed by atoms with van der Waals surface area (Å²) in [6.07, 6.45) is 2.50. The fourth-order valence-electron chi connectivity index (χ4n) is 4.32. The predicted molar refractivity (Wildman–Crippen MR) is 121 cm³/mol. The number of anilines is 1. The summed E-state index contributed by atoms with van der Waals surface area (Å²) in [7, 11) is 8.74. The van der Waals surface area contributed by atoms with Gasteiger partial charge in [0.05, 0.1) is 27.4 Å². The van der Waals surface area contributed by atoms with Crippen LogP contribution in [-0.4, -0.2) is 64.0 Å². The van der Waals surface area contributed by atoms with Gasteiger partial charge in [-0.1, -0.05) is 18.6 Å². The molecule has 7 nitrogen and oxygen atoms in total. The number of hydrogen-bond acceptors (Lipinski definition) is 6. The van der Waals surface area contributed by atoms with E-state index in [1.165, 1.54) is 0 Å². The molecule has 0 aliphatic carbocycles. The van der Waals surface area contributed by atoms with Crippen LogP contribution in [-0.2, 0) is 4.79 Å². The molecule has 3 rings (SSSR count). The minimum Gasteiger partial charge on any atom is -0.493 e. The standard InChI is InChI=1S/C24H32N2O5/c1-25(2)18-11-9-16(10-12-18)22(26-13-7-6-8-19(26)24(27)28)17-14-20(29-3)23(31-5)21(15-17)30-4/h9-12,14-15,19,22H,6-8,13H2,1-5H3,(H,27,28). The first kappa shape index (κ1) is 22.7. The SMILES string of the molecule is COc1cc(C(c2ccc(N(C)C)cc2)N2CCCCC2C(=O)O)cc(OC)c1OC. The molecule has 168 valence electrons. The lowest BCUT2D eigenvalue weighted by atomic mass is 9.91. The van der Waals surface area contributed by atoms with Crippen molar-refractivity contribution in [2.45, 2.75) is 31.3 Å². The van der Waals surface area contributed by atoms with Crippen LogP contribution >= 0.6 is 0 Å². The van der Waals surface area contributed by atoms with Crippen LogP contribution in [0.4, 0.5) is 5.69 Å². The molecule has 1 fully saturated rings. The number of hydrogen-bond donors (Lipinski definition) is 1. The van der Waals surface area contributed by atoms with Gasteiger partial charge in [0.15, 0.2) is 11.5 Å². The second kappa shape index (κ2) is 9.92. The van der Waals surface area contributed by atoms with Crippen molar-refractivity contribution in [3.63, 3.8) is 0 Å². The van der Waals surface area contributed by atoms with Crippen molar-refractivity contribution in [1.82, 2.24) is 4.90 Å². The summed E-state index contributed by atoms with van der Waals surface area (Å²) in [5, 5.41) is 9.93. The molecule has 1 heterocycles. The van der Waals surface area contributed by atoms with Gasteiger partial charge in [0, 0.05) is 19.8 Å². The zero-order chi connectivity index (χ0) is 22.5. The van der Waals surface area contributed by atoms with Crippen LogP contribution < -0.4 is 19.1 Å². The number of carbonyl (C=O) groups is 1. The number of carboxylic acids is 1. The molecule has 0 spiro atoms. The van der Waals surface area contributed by atoms with Crippen molar-refractivity contribution in [3.8, 4) is 17.2 Å². The second-order valence-electron chi connectivity index (χ2n) is 7.93. The Morgan fingerprint density at radius 3 is 2.10 bits per heavy atom. The lowest BCUT2D eigenvalue weighted by Gasteiger charge is -2.40. The number of likely N-dealkylation sites (tertiary alicyclic amines) is 1. The monoisotopic (exact) mass is 428 g/mol. The molecule has 2 aromatic carbocycles. The van der Waals surface area contributed by atoms with Gasteiger partial charge < -0.3 is 24.2 Å². The highest BCUT2D eigenvalue weighted by molar-refractivity contribution is 5.74. The van der Waals surface area contributed by atoms with E-state index in [2.05, 4.69) is 29.2 Å². The third-order valence-electron chi connectivity index (χ3n) is 5.89. The number of methoxy groups -OCH3 is 3. The minimum atomic E-state index is -0.790. The smallest absolute Gasteiger partial charge is 0.320 e. The highest BCUT2D eigenvalue weighted by Gasteiger charge is 2.36. The highest BCUT2D eigenvalue weighted by Crippen LogP contribution is 2.43. The Kier molecular flexibility index (Phi) is 7.28. The predicted octanol–water partition coefficient (Wildman–Crippen LogP) is 3.81. The fraction of sp³-hybridized carbons (Fsp3) is 0.458. The van der Waals surface area contributed by atoms with Crippen LogP contribution in [0.5, 0.6) is 17.2 Å². The average Bonchev–Trinajstić information content (AvgIpc) is 2.79. The molecule has 7 heteroatoms. The molecule has 2 atom stereocenters. The van der Waals surface area contributed by atoms with Crippen LogP contribution in [0.3, 0.4) is 0 Å². The highest BCUT2D eigenvalue weighted by atomic mass is 16.5. The van der Waals surface area contributed by atoms with Crippen LogP contribution in [0.15, 0.2) is 36.4 Å². The Labute approximate surface area is 184 Å². The largest absolute Gasteiger partial charge is 0.493 e. The number of carboxylic acid groups (broad SMARTS) is 1. The topological polar surface area (TPSA) is 71.5 Å². The molecule has 31 heavy (non-hydrogen) atoms. The summed E-state index contributed by atoms with van der Waals surface area (Å²) in [5.41, 5.74) is 3.01. The van der Waals surface area contributed by atoms with Crippen LogP contribution in [0, 0.1) is 0 Å². The van der Waals surface area contributed by atoms with Gasteiger partial charge in [-0.15, -0.1) is 0 Å². The molecular formula is C24H32N2O5. The number of ether oxygens (including phenoxy) is 3. The average molecular weight is 429 g/mol. The number of benzene rings is 2. The lowest BCUT2D eigenvalue weighted by molar-refractivity contribution is -0.145. The Bertz CT molecular complexity index is 872. The minimum absolute atomic E-state index is 0.258. The van der Waals surface area contributed by atoms with Crippen LogP contribution in [0.2, 0.25) is 0 Å². The fourth-order valence-corrected chi connectivity index (χ4v) is 4.32. The zero-order valence-electron chi connectivity index (χ0n) is 18.9. The number of aliphatic carboxylic acids is 1. The molecule has 1 N–H and O–H groups in total. The van der Waals surface area contributed by atoms with Crippen molar-refractivity contribution in [1.29, 1.82) is 0 Å². The number of nitrogens with zero attached hydrogens (tertiary/aromatic N) is 2. The third kappa shape index (κ3) is 4.71. The third-order valence-corrected chi connectivity index (χ3v) is 5.89. The quantitative estimate of drug-likeness (QED) is 0.686. The van der Waals surface area contributed by atoms with Gasteiger partial charge in [-0.2, -0.15) is 0 Å². The van der Waals surface area contributed by atoms with Gasteiger partial charge in [0.2, 0.25) is 5.75 Å². The van der Waals surface area contributed by atoms with E-state index in [1.54, 1.807) is 21.3 Å². The zero-order valence-corrected chi connectivity index (χ0v) is 18.9. The Balaban J connectivity index is 2.17. The second-order valence-corrected chi connectivity index (χ2v) is 7.93. The van der Waals surface area contributed by atoms with Crippen molar-refractivity contribution >= 4 is 11.7 Å². The maximum Gasteiger partial charge on any atom is 0.320 e. The molecule has 2 aromatic rings. The van der Waals surface area contributed by atoms with Gasteiger partial charge in [-0.3, -0.25) is 9.69 Å². The summed E-state index contributed by atoms with van der Waals surface area (Å²) in [4.78, 5) is 16.2. The van der Waals surface area contributed by atoms with Gasteiger partial charge in [-0.05, 0) is 54.8 Å². The summed E-state index contributed by atoms with van der Waals surface area (Å²) >= 11 is 0. The Morgan fingerprint density at radius 1 is 1.00 bits per heavy atom. The molecule has 1 aliphatic heterocycles. The first-order valence-electron chi connectivity index (χ1n) is 10.5. The van der Waals surface area contributed by atoms with Crippen LogP contribution in [0.25, 0.3) is 0 Å². The molecule has 2 unspecified atom stereocenters. The first-order valence-corrected chi connectivity index (χ1v) is 10.5. The molecule has 0 amide bonds. The summed E-state index contributed by atoms with van der Waals surface area (Å²) in [5.74, 6) is 0.831. The maximum atomic E-state index is 12.1. The van der Waals surface area contributed by atoms with Gasteiger partial charge >= 0.3 is 5.97 Å². The molecule has 0 saturated carbocycles. The molecule has 0 aromatic heterocycles. The van der Waals surface area contributed by atoms with Crippen molar-refractivity contribution < 1.29 is 24.1 Å². The summed E-state index contributed by atoms with van der Waals surface area (Å²) < 4.78 is 16.6. The molecule has 1 aliphatic rings. The van der Waals surface area contributed by atoms with E-state index in [4.69, 9.17) is 14.2 Å². The van der Waals surface area contributed by atoms with E-state index >= 15 is 0 Å². The van der Waals surface area contributed by atoms with Gasteiger partial charge in [0.1, 0.15) is 6.04 Å². The van der Waals surface area contributed by atoms with Gasteiger partial charge in [-0.25, -0.2) is 0 Å². The summed E-state index contributed by atoms with van der Waals surface area (Å²) in [6.45, 7) is 0.702. The normalized spacial score (nSPS) is 17.6. The molecule has 1 saturated heterocycles. The lowest BCUT2D eigenvalue weighted by Crippen LogP contribution is -2.46. The van der Waals surface area contributed by atoms with E-state index in [9.17, 15) is 9.90 Å². The van der Waals surface area contributed by atoms with Crippen LogP contribution in [0.1, 0.15) is 36.4 Å². The molecule has 0 radical (unpaired) electrons. The van der Waals surface area contributed by atoms with E-state index in [1.807, 2.05) is 31.1 Å². The maximum absolute atomic E-state index is 12.1. The van der Waals surface area contributed by atoms with Crippen molar-refractivity contribution in [2.24, 2.45) is 0 Å². The summed E-state index contributed by atoms with van der Waals surface area (Å²) in [6, 6.07) is 11.3. The molecular weight excluding hydrogens is 396 g/mol. The Hall–Kier alpha value is -2.93. The van der Waals surface area contributed by atoms with Gasteiger partial charge in [0.25, 0.3) is 0 Å².